The van der Waals surface area contributed by atoms with Gasteiger partial charge in [0.25, 0.3) is 0 Å². The van der Waals surface area contributed by atoms with Crippen LogP contribution >= 0.6 is 0 Å². The highest BCUT2D eigenvalue weighted by molar-refractivity contribution is 5.86. The Morgan fingerprint density at radius 2 is 1.86 bits per heavy atom. The summed E-state index contributed by atoms with van der Waals surface area (Å²) in [5.41, 5.74) is 5.39. The third-order valence-electron chi connectivity index (χ3n) is 7.12. The van der Waals surface area contributed by atoms with Crippen LogP contribution in [-0.4, -0.2) is 27.2 Å². The van der Waals surface area contributed by atoms with Gasteiger partial charge < -0.3 is 9.67 Å². The number of rotatable bonds is 4. The maximum atomic E-state index is 10.1. The van der Waals surface area contributed by atoms with Gasteiger partial charge in [-0.2, -0.15) is 5.26 Å². The molecule has 0 unspecified atom stereocenters. The number of para-hydroxylation sites is 1. The predicted octanol–water partition coefficient (Wildman–Crippen LogP) is 4.19. The average Bonchev–Trinajstić information content (AvgIpc) is 3.02. The van der Waals surface area contributed by atoms with Gasteiger partial charge in [0, 0.05) is 42.8 Å². The third-order valence-corrected chi connectivity index (χ3v) is 7.12. The minimum absolute atomic E-state index is 0.0470. The molecular formula is C25H27N3O. The van der Waals surface area contributed by atoms with Crippen molar-refractivity contribution < 1.29 is 5.11 Å². The number of aliphatic hydroxyl groups is 1. The van der Waals surface area contributed by atoms with Crippen LogP contribution < -0.4 is 0 Å². The SMILES string of the molecule is Cn1c2c(c3ccccc31)C[C@H]1[C@@H](C#N)[C@H](CCO)C[C@@H]2N1Cc1ccccc1. The maximum Gasteiger partial charge on any atom is 0.0675 e. The molecular weight excluding hydrogens is 358 g/mol. The summed E-state index contributed by atoms with van der Waals surface area (Å²) in [6.45, 7) is 1.02. The first kappa shape index (κ1) is 18.4. The normalized spacial score (nSPS) is 26.2. The second kappa shape index (κ2) is 7.33. The molecule has 1 fully saturated rings. The van der Waals surface area contributed by atoms with Crippen LogP contribution in [0.3, 0.4) is 0 Å². The van der Waals surface area contributed by atoms with Crippen molar-refractivity contribution in [1.82, 2.24) is 9.47 Å². The van der Waals surface area contributed by atoms with Crippen LogP contribution in [0.5, 0.6) is 0 Å². The summed E-state index contributed by atoms with van der Waals surface area (Å²) >= 11 is 0. The van der Waals surface area contributed by atoms with Crippen molar-refractivity contribution in [2.75, 3.05) is 6.61 Å². The van der Waals surface area contributed by atoms with E-state index in [0.717, 1.165) is 19.4 Å². The van der Waals surface area contributed by atoms with E-state index < -0.39 is 0 Å². The molecule has 2 aromatic carbocycles. The number of nitriles is 1. The van der Waals surface area contributed by atoms with Crippen molar-refractivity contribution >= 4 is 10.9 Å². The molecule has 4 nitrogen and oxygen atoms in total. The van der Waals surface area contributed by atoms with E-state index in [1.807, 2.05) is 0 Å². The lowest BCUT2D eigenvalue weighted by Crippen LogP contribution is -2.54. The molecule has 3 heterocycles. The van der Waals surface area contributed by atoms with Crippen LogP contribution in [0.2, 0.25) is 0 Å². The van der Waals surface area contributed by atoms with Gasteiger partial charge in [-0.25, -0.2) is 0 Å². The number of aromatic nitrogens is 1. The van der Waals surface area contributed by atoms with Gasteiger partial charge in [-0.05, 0) is 42.4 Å². The van der Waals surface area contributed by atoms with Gasteiger partial charge in [0.1, 0.15) is 0 Å². The molecule has 2 aliphatic heterocycles. The van der Waals surface area contributed by atoms with Crippen LogP contribution in [0.4, 0.5) is 0 Å². The predicted molar refractivity (Wildman–Crippen MR) is 114 cm³/mol. The van der Waals surface area contributed by atoms with E-state index in [0.29, 0.717) is 6.42 Å². The standard InChI is InChI=1S/C25H27N3O/c1-27-22-10-6-5-9-19(22)20-14-23-21(15-26)18(11-12-29)13-24(25(20)27)28(23)16-17-7-3-2-4-8-17/h2-10,18,21,23-24,29H,11-14,16H2,1H3/t18-,21+,23+,24+/m1/s1. The number of aliphatic hydroxyl groups excluding tert-OH is 1. The molecule has 2 bridgehead atoms. The Morgan fingerprint density at radius 3 is 2.62 bits per heavy atom. The summed E-state index contributed by atoms with van der Waals surface area (Å²) in [4.78, 5) is 2.57. The summed E-state index contributed by atoms with van der Waals surface area (Å²) in [5.74, 6) is 0.201. The number of hydrogen-bond donors (Lipinski definition) is 1. The Bertz CT molecular complexity index is 1060. The van der Waals surface area contributed by atoms with Crippen LogP contribution in [-0.2, 0) is 20.0 Å². The Labute approximate surface area is 172 Å². The van der Waals surface area contributed by atoms with Crippen molar-refractivity contribution in [3.05, 3.63) is 71.4 Å². The zero-order chi connectivity index (χ0) is 20.0. The molecule has 29 heavy (non-hydrogen) atoms. The highest BCUT2D eigenvalue weighted by Crippen LogP contribution is 2.50. The largest absolute Gasteiger partial charge is 0.396 e. The number of piperidine rings is 1. The van der Waals surface area contributed by atoms with Gasteiger partial charge in [-0.3, -0.25) is 4.90 Å². The van der Waals surface area contributed by atoms with E-state index in [-0.39, 0.29) is 30.5 Å². The summed E-state index contributed by atoms with van der Waals surface area (Å²) in [6.07, 6.45) is 2.54. The molecule has 4 heteroatoms. The number of hydrogen-bond acceptors (Lipinski definition) is 3. The van der Waals surface area contributed by atoms with Crippen molar-refractivity contribution in [3.8, 4) is 6.07 Å². The Kier molecular flexibility index (Phi) is 4.66. The highest BCUT2D eigenvalue weighted by Gasteiger charge is 2.48. The van der Waals surface area contributed by atoms with Crippen molar-refractivity contribution in [3.63, 3.8) is 0 Å². The third kappa shape index (κ3) is 2.88. The monoisotopic (exact) mass is 385 g/mol. The first-order chi connectivity index (χ1) is 14.2. The van der Waals surface area contributed by atoms with E-state index in [9.17, 15) is 10.4 Å². The zero-order valence-corrected chi connectivity index (χ0v) is 16.8. The van der Waals surface area contributed by atoms with Crippen LogP contribution in [0.25, 0.3) is 10.9 Å². The topological polar surface area (TPSA) is 52.2 Å². The Morgan fingerprint density at radius 1 is 1.10 bits per heavy atom. The van der Waals surface area contributed by atoms with E-state index in [1.165, 1.54) is 27.7 Å². The number of aryl methyl sites for hydroxylation is 1. The molecule has 0 saturated carbocycles. The lowest BCUT2D eigenvalue weighted by molar-refractivity contribution is -0.00667. The molecule has 148 valence electrons. The quantitative estimate of drug-likeness (QED) is 0.733. The minimum Gasteiger partial charge on any atom is -0.396 e. The molecule has 4 atom stereocenters. The fraction of sp³-hybridized carbons (Fsp3) is 0.400. The highest BCUT2D eigenvalue weighted by atomic mass is 16.3. The number of fused-ring (bicyclic) bond motifs is 6. The Hall–Kier alpha value is -2.61. The molecule has 0 aliphatic carbocycles. The number of nitrogens with zero attached hydrogens (tertiary/aromatic N) is 3. The summed E-state index contributed by atoms with van der Waals surface area (Å²) in [7, 11) is 2.18. The maximum absolute atomic E-state index is 10.1. The smallest absolute Gasteiger partial charge is 0.0675 e. The second-order valence-corrected chi connectivity index (χ2v) is 8.55. The van der Waals surface area contributed by atoms with Gasteiger partial charge in [-0.1, -0.05) is 48.5 Å². The summed E-state index contributed by atoms with van der Waals surface area (Å²) in [5, 5.41) is 21.0. The van der Waals surface area contributed by atoms with Gasteiger partial charge in [0.2, 0.25) is 0 Å². The fourth-order valence-corrected chi connectivity index (χ4v) is 5.85. The lowest BCUT2D eigenvalue weighted by Gasteiger charge is -2.51. The van der Waals surface area contributed by atoms with Crippen molar-refractivity contribution in [2.24, 2.45) is 18.9 Å². The van der Waals surface area contributed by atoms with Gasteiger partial charge in [0.05, 0.1) is 18.0 Å². The molecule has 5 rings (SSSR count). The molecule has 0 amide bonds. The van der Waals surface area contributed by atoms with E-state index in [2.05, 4.69) is 77.2 Å². The van der Waals surface area contributed by atoms with E-state index in [1.54, 1.807) is 0 Å². The lowest BCUT2D eigenvalue weighted by atomic mass is 9.69. The van der Waals surface area contributed by atoms with Crippen LogP contribution in [0.1, 0.15) is 35.7 Å². The van der Waals surface area contributed by atoms with E-state index >= 15 is 0 Å². The van der Waals surface area contributed by atoms with Gasteiger partial charge in [-0.15, -0.1) is 0 Å². The number of benzene rings is 2. The van der Waals surface area contributed by atoms with E-state index in [4.69, 9.17) is 0 Å². The van der Waals surface area contributed by atoms with Crippen molar-refractivity contribution in [2.45, 2.75) is 37.9 Å². The zero-order valence-electron chi connectivity index (χ0n) is 16.8. The summed E-state index contributed by atoms with van der Waals surface area (Å²) in [6, 6.07) is 22.3. The molecule has 0 radical (unpaired) electrons. The molecule has 0 spiro atoms. The molecule has 1 saturated heterocycles. The molecule has 1 aromatic heterocycles. The van der Waals surface area contributed by atoms with Crippen LogP contribution in [0.15, 0.2) is 54.6 Å². The minimum atomic E-state index is -0.0470. The molecule has 3 aromatic rings. The Balaban J connectivity index is 1.65. The first-order valence-corrected chi connectivity index (χ1v) is 10.6. The second-order valence-electron chi connectivity index (χ2n) is 8.55. The molecule has 2 aliphatic rings. The average molecular weight is 386 g/mol. The van der Waals surface area contributed by atoms with Crippen molar-refractivity contribution in [1.29, 1.82) is 5.26 Å². The van der Waals surface area contributed by atoms with Crippen LogP contribution in [0, 0.1) is 23.2 Å². The summed E-state index contributed by atoms with van der Waals surface area (Å²) < 4.78 is 2.37. The van der Waals surface area contributed by atoms with Gasteiger partial charge >= 0.3 is 0 Å². The fourth-order valence-electron chi connectivity index (χ4n) is 5.85. The first-order valence-electron chi connectivity index (χ1n) is 10.6. The molecule has 1 N–H and O–H groups in total. The van der Waals surface area contributed by atoms with Gasteiger partial charge in [0.15, 0.2) is 0 Å².